The normalized spacial score (nSPS) is 13.7. The molecule has 21 heavy (non-hydrogen) atoms. The maximum Gasteiger partial charge on any atom is 0.315 e. The number of H-pyrrole nitrogens is 1. The molecule has 1 heterocycles. The molecule has 0 amide bonds. The number of carbonyl (C=O) groups is 1. The third-order valence-corrected chi connectivity index (χ3v) is 3.52. The molecule has 2 aromatic rings. The lowest BCUT2D eigenvalue weighted by Crippen LogP contribution is -2.40. The first-order valence-electron chi connectivity index (χ1n) is 6.31. The molecule has 0 radical (unpaired) electrons. The van der Waals surface area contributed by atoms with Gasteiger partial charge in [0, 0.05) is 18.3 Å². The summed E-state index contributed by atoms with van der Waals surface area (Å²) in [5, 5.41) is 9.33. The second kappa shape index (κ2) is 5.49. The van der Waals surface area contributed by atoms with Crippen LogP contribution < -0.4 is 11.3 Å². The summed E-state index contributed by atoms with van der Waals surface area (Å²) in [6, 6.07) is 8.30. The minimum absolute atomic E-state index is 0.144. The molecular formula is C15H15FN2O3. The number of pyridine rings is 1. The number of carboxylic acid groups (broad SMARTS) is 1. The summed E-state index contributed by atoms with van der Waals surface area (Å²) in [5.74, 6) is -1.50. The summed E-state index contributed by atoms with van der Waals surface area (Å²) >= 11 is 0. The van der Waals surface area contributed by atoms with E-state index >= 15 is 0 Å². The first-order valence-corrected chi connectivity index (χ1v) is 6.31. The lowest BCUT2D eigenvalue weighted by molar-refractivity contribution is -0.142. The Labute approximate surface area is 120 Å². The Kier molecular flexibility index (Phi) is 3.90. The lowest BCUT2D eigenvalue weighted by atomic mass is 9.82. The molecule has 0 fully saturated rings. The smallest absolute Gasteiger partial charge is 0.315 e. The van der Waals surface area contributed by atoms with Crippen LogP contribution in [0.3, 0.4) is 0 Å². The van der Waals surface area contributed by atoms with Crippen LogP contribution >= 0.6 is 0 Å². The second-order valence-corrected chi connectivity index (χ2v) is 5.00. The van der Waals surface area contributed by atoms with E-state index in [2.05, 4.69) is 4.98 Å². The van der Waals surface area contributed by atoms with Gasteiger partial charge in [-0.05, 0) is 48.4 Å². The van der Waals surface area contributed by atoms with E-state index in [0.717, 1.165) is 0 Å². The highest BCUT2D eigenvalue weighted by atomic mass is 19.1. The number of nitrogens with two attached hydrogens (primary N) is 1. The van der Waals surface area contributed by atoms with Crippen molar-refractivity contribution in [3.05, 3.63) is 58.1 Å². The van der Waals surface area contributed by atoms with Gasteiger partial charge in [0.15, 0.2) is 0 Å². The number of halogens is 1. The van der Waals surface area contributed by atoms with Gasteiger partial charge in [0.1, 0.15) is 11.2 Å². The molecule has 1 aromatic heterocycles. The summed E-state index contributed by atoms with van der Waals surface area (Å²) in [4.78, 5) is 25.8. The Morgan fingerprint density at radius 1 is 1.33 bits per heavy atom. The summed E-state index contributed by atoms with van der Waals surface area (Å²) in [7, 11) is 0. The van der Waals surface area contributed by atoms with Crippen LogP contribution in [0.1, 0.15) is 12.5 Å². The first kappa shape index (κ1) is 14.9. The molecule has 5 nitrogen and oxygen atoms in total. The van der Waals surface area contributed by atoms with Crippen LogP contribution in [0.5, 0.6) is 0 Å². The summed E-state index contributed by atoms with van der Waals surface area (Å²) in [6.45, 7) is 1.31. The third kappa shape index (κ3) is 2.85. The summed E-state index contributed by atoms with van der Waals surface area (Å²) in [5.41, 5.74) is 5.07. The van der Waals surface area contributed by atoms with E-state index in [9.17, 15) is 19.1 Å². The van der Waals surface area contributed by atoms with Crippen molar-refractivity contribution in [3.63, 3.8) is 0 Å². The van der Waals surface area contributed by atoms with Gasteiger partial charge in [-0.1, -0.05) is 0 Å². The quantitative estimate of drug-likeness (QED) is 0.794. The molecule has 0 aliphatic rings. The fourth-order valence-electron chi connectivity index (χ4n) is 1.98. The highest BCUT2D eigenvalue weighted by molar-refractivity contribution is 5.81. The van der Waals surface area contributed by atoms with Crippen molar-refractivity contribution in [1.82, 2.24) is 4.98 Å². The number of aromatic amines is 1. The fraction of sp³-hybridized carbons (Fsp3) is 0.200. The van der Waals surface area contributed by atoms with Crippen molar-refractivity contribution < 1.29 is 14.3 Å². The molecule has 0 spiro atoms. The molecule has 110 valence electrons. The van der Waals surface area contributed by atoms with Gasteiger partial charge in [0.05, 0.1) is 0 Å². The number of aromatic nitrogens is 1. The second-order valence-electron chi connectivity index (χ2n) is 5.00. The zero-order valence-electron chi connectivity index (χ0n) is 11.4. The van der Waals surface area contributed by atoms with Gasteiger partial charge in [0.25, 0.3) is 0 Å². The number of nitrogens with one attached hydrogen (secondary N) is 1. The highest BCUT2D eigenvalue weighted by Crippen LogP contribution is 2.25. The van der Waals surface area contributed by atoms with Crippen LogP contribution in [0.15, 0.2) is 41.2 Å². The van der Waals surface area contributed by atoms with Crippen LogP contribution in [-0.2, 0) is 10.2 Å². The Morgan fingerprint density at radius 3 is 2.48 bits per heavy atom. The number of hydrogen-bond acceptors (Lipinski definition) is 3. The van der Waals surface area contributed by atoms with Crippen LogP contribution in [0.4, 0.5) is 4.39 Å². The van der Waals surface area contributed by atoms with Crippen molar-refractivity contribution in [2.45, 2.75) is 12.3 Å². The van der Waals surface area contributed by atoms with Crippen molar-refractivity contribution in [2.75, 3.05) is 6.54 Å². The zero-order valence-corrected chi connectivity index (χ0v) is 11.4. The van der Waals surface area contributed by atoms with Gasteiger partial charge in [0.2, 0.25) is 5.56 Å². The number of hydrogen-bond donors (Lipinski definition) is 3. The maximum absolute atomic E-state index is 12.9. The van der Waals surface area contributed by atoms with Gasteiger partial charge in [-0.15, -0.1) is 0 Å². The molecule has 4 N–H and O–H groups in total. The van der Waals surface area contributed by atoms with Gasteiger partial charge in [-0.2, -0.15) is 0 Å². The molecule has 1 aromatic carbocycles. The average Bonchev–Trinajstić information content (AvgIpc) is 2.46. The fourth-order valence-corrected chi connectivity index (χ4v) is 1.98. The molecule has 0 saturated carbocycles. The van der Waals surface area contributed by atoms with E-state index in [1.165, 1.54) is 37.3 Å². The van der Waals surface area contributed by atoms with E-state index < -0.39 is 22.8 Å². The Balaban J connectivity index is 2.59. The Bertz CT molecular complexity index is 724. The number of aliphatic carboxylic acids is 1. The Morgan fingerprint density at radius 2 is 1.95 bits per heavy atom. The predicted octanol–water partition coefficient (Wildman–Crippen LogP) is 1.48. The van der Waals surface area contributed by atoms with Crippen molar-refractivity contribution >= 4 is 5.97 Å². The average molecular weight is 290 g/mol. The molecule has 0 aliphatic carbocycles. The topological polar surface area (TPSA) is 96.2 Å². The van der Waals surface area contributed by atoms with E-state index in [4.69, 9.17) is 5.73 Å². The van der Waals surface area contributed by atoms with E-state index in [1.54, 1.807) is 6.07 Å². The highest BCUT2D eigenvalue weighted by Gasteiger charge is 2.34. The third-order valence-electron chi connectivity index (χ3n) is 3.52. The van der Waals surface area contributed by atoms with E-state index in [0.29, 0.717) is 16.8 Å². The van der Waals surface area contributed by atoms with Crippen molar-refractivity contribution in [2.24, 2.45) is 5.73 Å². The van der Waals surface area contributed by atoms with Crippen molar-refractivity contribution in [3.8, 4) is 11.3 Å². The minimum Gasteiger partial charge on any atom is -0.481 e. The zero-order chi connectivity index (χ0) is 15.6. The van der Waals surface area contributed by atoms with Crippen LogP contribution in [0.25, 0.3) is 11.3 Å². The standard InChI is InChI=1S/C15H15FN2O3/c1-15(8-17,14(20)21)10-6-12(18-13(19)7-10)9-2-4-11(16)5-3-9/h2-7H,8,17H2,1H3,(H,18,19)(H,20,21). The Hall–Kier alpha value is -2.47. The van der Waals surface area contributed by atoms with Gasteiger partial charge >= 0.3 is 5.97 Å². The van der Waals surface area contributed by atoms with Crippen LogP contribution in [0.2, 0.25) is 0 Å². The SMILES string of the molecule is CC(CN)(C(=O)O)c1cc(-c2ccc(F)cc2)[nH]c(=O)c1. The van der Waals surface area contributed by atoms with Crippen LogP contribution in [-0.4, -0.2) is 22.6 Å². The molecule has 0 bridgehead atoms. The molecular weight excluding hydrogens is 275 g/mol. The molecule has 0 saturated heterocycles. The molecule has 0 aliphatic heterocycles. The summed E-state index contributed by atoms with van der Waals surface area (Å²) < 4.78 is 12.9. The van der Waals surface area contributed by atoms with Gasteiger partial charge in [-0.3, -0.25) is 9.59 Å². The van der Waals surface area contributed by atoms with Crippen LogP contribution in [0, 0.1) is 5.82 Å². The first-order chi connectivity index (χ1) is 9.86. The number of rotatable bonds is 4. The molecule has 2 rings (SSSR count). The number of carboxylic acids is 1. The van der Waals surface area contributed by atoms with E-state index in [1.807, 2.05) is 0 Å². The molecule has 6 heteroatoms. The largest absolute Gasteiger partial charge is 0.481 e. The lowest BCUT2D eigenvalue weighted by Gasteiger charge is -2.23. The number of benzene rings is 1. The molecule has 1 unspecified atom stereocenters. The maximum atomic E-state index is 12.9. The summed E-state index contributed by atoms with van der Waals surface area (Å²) in [6.07, 6.45) is 0. The predicted molar refractivity (Wildman–Crippen MR) is 76.5 cm³/mol. The van der Waals surface area contributed by atoms with E-state index in [-0.39, 0.29) is 6.54 Å². The van der Waals surface area contributed by atoms with Crippen molar-refractivity contribution in [1.29, 1.82) is 0 Å². The minimum atomic E-state index is -1.36. The monoisotopic (exact) mass is 290 g/mol. The van der Waals surface area contributed by atoms with Gasteiger partial charge in [-0.25, -0.2) is 4.39 Å². The molecule has 1 atom stereocenters. The van der Waals surface area contributed by atoms with Gasteiger partial charge < -0.3 is 15.8 Å².